The number of anilines is 1. The average Bonchev–Trinajstić information content (AvgIpc) is 3.26. The van der Waals surface area contributed by atoms with Crippen molar-refractivity contribution in [2.24, 2.45) is 11.7 Å². The number of rotatable bonds is 11. The van der Waals surface area contributed by atoms with E-state index >= 15 is 0 Å². The lowest BCUT2D eigenvalue weighted by Gasteiger charge is -2.15. The highest BCUT2D eigenvalue weighted by Crippen LogP contribution is 2.40. The summed E-state index contributed by atoms with van der Waals surface area (Å²) in [6, 6.07) is 1.98. The van der Waals surface area contributed by atoms with Gasteiger partial charge in [0.2, 0.25) is 5.95 Å². The smallest absolute Gasteiger partial charge is 0.237 e. The minimum absolute atomic E-state index is 0.0293. The molecule has 2 heterocycles. The number of pyridine rings is 1. The predicted molar refractivity (Wildman–Crippen MR) is 144 cm³/mol. The number of aromatic nitrogens is 2. The van der Waals surface area contributed by atoms with Crippen molar-refractivity contribution >= 4 is 35.1 Å². The van der Waals surface area contributed by atoms with Crippen molar-refractivity contribution in [3.63, 3.8) is 0 Å². The molecule has 0 atom stereocenters. The Balaban J connectivity index is 0.00000182. The van der Waals surface area contributed by atoms with Crippen molar-refractivity contribution in [3.8, 4) is 5.75 Å². The number of halogens is 3. The molecule has 0 aliphatic carbocycles. The number of nitrogens with one attached hydrogen (secondary N) is 2. The second-order valence-electron chi connectivity index (χ2n) is 7.48. The Hall–Kier alpha value is -2.80. The molecule has 2 aromatic rings. The van der Waals surface area contributed by atoms with Crippen molar-refractivity contribution in [3.05, 3.63) is 94.9 Å². The first-order chi connectivity index (χ1) is 16.2. The van der Waals surface area contributed by atoms with E-state index in [9.17, 15) is 4.39 Å². The standard InChI is InChI=1S/C23H27Cl2FN4O.C3H6/c1-5-17-12-16(13-29-17)8-10-28-23-20(25)21(19(24)22(26)30-23)31-18(7-6-9-27)11-15(4)14(2)3;1-3-2/h5-7,11-14,29H,1,4,8-10,27H2,2-3H3,(H,28,30);3H,1H2,2H3/b7-6-,18-11+;. The van der Waals surface area contributed by atoms with E-state index in [4.69, 9.17) is 33.7 Å². The fraction of sp³-hybridized carbons (Fsp3) is 0.269. The van der Waals surface area contributed by atoms with Gasteiger partial charge >= 0.3 is 0 Å². The van der Waals surface area contributed by atoms with Gasteiger partial charge in [-0.15, -0.1) is 6.58 Å². The van der Waals surface area contributed by atoms with E-state index in [1.165, 1.54) is 0 Å². The lowest BCUT2D eigenvalue weighted by Crippen LogP contribution is -2.09. The molecule has 2 aromatic heterocycles. The predicted octanol–water partition coefficient (Wildman–Crippen LogP) is 7.34. The molecule has 0 radical (unpaired) electrons. The van der Waals surface area contributed by atoms with Crippen LogP contribution in [0.2, 0.25) is 10.0 Å². The van der Waals surface area contributed by atoms with Crippen LogP contribution >= 0.6 is 23.2 Å². The third-order valence-corrected chi connectivity index (χ3v) is 5.07. The van der Waals surface area contributed by atoms with Crippen LogP contribution in [0.1, 0.15) is 32.0 Å². The van der Waals surface area contributed by atoms with Crippen LogP contribution in [0.5, 0.6) is 5.75 Å². The van der Waals surface area contributed by atoms with Crippen molar-refractivity contribution < 1.29 is 9.13 Å². The number of allylic oxidation sites excluding steroid dienone is 4. The molecule has 34 heavy (non-hydrogen) atoms. The molecule has 2 rings (SSSR count). The highest BCUT2D eigenvalue weighted by Gasteiger charge is 2.20. The molecule has 4 N–H and O–H groups in total. The van der Waals surface area contributed by atoms with Gasteiger partial charge in [-0.1, -0.05) is 62.4 Å². The summed E-state index contributed by atoms with van der Waals surface area (Å²) in [7, 11) is 0. The largest absolute Gasteiger partial charge is 0.454 e. The zero-order valence-electron chi connectivity index (χ0n) is 19.9. The molecular formula is C26H33Cl2FN4O. The van der Waals surface area contributed by atoms with Crippen molar-refractivity contribution in [1.29, 1.82) is 0 Å². The highest BCUT2D eigenvalue weighted by molar-refractivity contribution is 6.38. The third kappa shape index (κ3) is 9.21. The molecule has 0 fully saturated rings. The van der Waals surface area contributed by atoms with Crippen LogP contribution in [0, 0.1) is 11.9 Å². The van der Waals surface area contributed by atoms with E-state index in [2.05, 4.69) is 35.0 Å². The number of H-pyrrole nitrogens is 1. The molecule has 0 aliphatic heterocycles. The summed E-state index contributed by atoms with van der Waals surface area (Å²) in [5.41, 5.74) is 8.36. The molecule has 0 aromatic carbocycles. The Kier molecular flexibility index (Phi) is 13.0. The Morgan fingerprint density at radius 3 is 2.56 bits per heavy atom. The number of hydrogen-bond acceptors (Lipinski definition) is 4. The maximum absolute atomic E-state index is 14.4. The third-order valence-electron chi connectivity index (χ3n) is 4.40. The number of ether oxygens (including phenoxy) is 1. The second kappa shape index (κ2) is 15.2. The first-order valence-corrected chi connectivity index (χ1v) is 11.5. The number of nitrogens with two attached hydrogens (primary N) is 1. The molecule has 0 spiro atoms. The van der Waals surface area contributed by atoms with Gasteiger partial charge in [-0.2, -0.15) is 9.37 Å². The van der Waals surface area contributed by atoms with Gasteiger partial charge in [0.15, 0.2) is 11.6 Å². The maximum atomic E-state index is 14.4. The fourth-order valence-electron chi connectivity index (χ4n) is 2.51. The van der Waals surface area contributed by atoms with Gasteiger partial charge in [-0.25, -0.2) is 0 Å². The molecule has 0 bridgehead atoms. The molecule has 8 heteroatoms. The minimum Gasteiger partial charge on any atom is -0.454 e. The zero-order chi connectivity index (χ0) is 25.7. The zero-order valence-corrected chi connectivity index (χ0v) is 21.4. The van der Waals surface area contributed by atoms with Gasteiger partial charge in [0.05, 0.1) is 0 Å². The molecule has 0 amide bonds. The topological polar surface area (TPSA) is 76.0 Å². The SMILES string of the molecule is C=CC.C=Cc1cc(CCNc2nc(F)c(Cl)c(OC(/C=C\CN)=C/C(=C)C(C)C)c2Cl)c[nH]1. The number of nitrogens with zero attached hydrogens (tertiary/aromatic N) is 1. The molecule has 0 aliphatic rings. The second-order valence-corrected chi connectivity index (χ2v) is 8.23. The van der Waals surface area contributed by atoms with Crippen molar-refractivity contribution in [2.45, 2.75) is 27.2 Å². The minimum atomic E-state index is -0.885. The van der Waals surface area contributed by atoms with Crippen LogP contribution in [0.15, 0.2) is 67.6 Å². The average molecular weight is 507 g/mol. The lowest BCUT2D eigenvalue weighted by atomic mass is 10.0. The van der Waals surface area contributed by atoms with E-state index in [-0.39, 0.29) is 27.5 Å². The van der Waals surface area contributed by atoms with Crippen molar-refractivity contribution in [2.75, 3.05) is 18.4 Å². The summed E-state index contributed by atoms with van der Waals surface area (Å²) < 4.78 is 20.3. The molecule has 0 saturated heterocycles. The highest BCUT2D eigenvalue weighted by atomic mass is 35.5. The van der Waals surface area contributed by atoms with Crippen molar-refractivity contribution in [1.82, 2.24) is 9.97 Å². The van der Waals surface area contributed by atoms with Gasteiger partial charge in [0.1, 0.15) is 15.8 Å². The molecule has 184 valence electrons. The first kappa shape index (κ1) is 29.2. The van der Waals surface area contributed by atoms with Crippen LogP contribution in [0.3, 0.4) is 0 Å². The van der Waals surface area contributed by atoms with Crippen LogP contribution < -0.4 is 15.8 Å². The summed E-state index contributed by atoms with van der Waals surface area (Å²) in [6.07, 6.45) is 11.1. The van der Waals surface area contributed by atoms with Gasteiger partial charge < -0.3 is 20.8 Å². The lowest BCUT2D eigenvalue weighted by molar-refractivity contribution is 0.437. The van der Waals surface area contributed by atoms with Crippen LogP contribution in [0.25, 0.3) is 6.08 Å². The molecule has 0 saturated carbocycles. The van der Waals surface area contributed by atoms with Crippen LogP contribution in [-0.4, -0.2) is 23.1 Å². The quantitative estimate of drug-likeness (QED) is 0.129. The number of aromatic amines is 1. The van der Waals surface area contributed by atoms with E-state index < -0.39 is 5.95 Å². The summed E-state index contributed by atoms with van der Waals surface area (Å²) in [6.45, 7) is 17.8. The van der Waals surface area contributed by atoms with Gasteiger partial charge in [-0.05, 0) is 54.7 Å². The van der Waals surface area contributed by atoms with Gasteiger partial charge in [0, 0.05) is 25.0 Å². The molecule has 0 unspecified atom stereocenters. The van der Waals surface area contributed by atoms with Crippen LogP contribution in [0.4, 0.5) is 10.2 Å². The Bertz CT molecular complexity index is 1040. The van der Waals surface area contributed by atoms with E-state index in [0.717, 1.165) is 16.8 Å². The summed E-state index contributed by atoms with van der Waals surface area (Å²) in [4.78, 5) is 6.91. The Morgan fingerprint density at radius 2 is 2.00 bits per heavy atom. The van der Waals surface area contributed by atoms with E-state index in [1.807, 2.05) is 33.0 Å². The number of hydrogen-bond donors (Lipinski definition) is 3. The molecular weight excluding hydrogens is 474 g/mol. The normalized spacial score (nSPS) is 11.2. The fourth-order valence-corrected chi connectivity index (χ4v) is 2.98. The Labute approximate surface area is 211 Å². The van der Waals surface area contributed by atoms with E-state index in [0.29, 0.717) is 25.3 Å². The summed E-state index contributed by atoms with van der Waals surface area (Å²) in [5.74, 6) is -0.198. The van der Waals surface area contributed by atoms with Gasteiger partial charge in [-0.3, -0.25) is 0 Å². The monoisotopic (exact) mass is 506 g/mol. The Morgan fingerprint density at radius 1 is 1.32 bits per heavy atom. The van der Waals surface area contributed by atoms with Crippen LogP contribution in [-0.2, 0) is 6.42 Å². The summed E-state index contributed by atoms with van der Waals surface area (Å²) in [5, 5.41) is 2.81. The first-order valence-electron chi connectivity index (χ1n) is 10.8. The van der Waals surface area contributed by atoms with Gasteiger partial charge in [0.25, 0.3) is 0 Å². The summed E-state index contributed by atoms with van der Waals surface area (Å²) >= 11 is 12.6. The van der Waals surface area contributed by atoms with E-state index in [1.54, 1.807) is 30.4 Å². The molecule has 5 nitrogen and oxygen atoms in total. The maximum Gasteiger partial charge on any atom is 0.237 e.